The molecule has 2 aliphatic rings. The van der Waals surface area contributed by atoms with Crippen LogP contribution in [0.5, 0.6) is 11.5 Å². The molecule has 192 valence electrons. The molecule has 4 rings (SSSR count). The van der Waals surface area contributed by atoms with Crippen LogP contribution in [0.2, 0.25) is 0 Å². The Kier molecular flexibility index (Phi) is 8.55. The summed E-state index contributed by atoms with van der Waals surface area (Å²) >= 11 is 1.58. The average molecular weight is 502 g/mol. The second-order valence-electron chi connectivity index (χ2n) is 9.70. The molecule has 2 N–H and O–H groups in total. The van der Waals surface area contributed by atoms with Crippen molar-refractivity contribution >= 4 is 18.0 Å². The molecule has 2 aromatic rings. The zero-order valence-corrected chi connectivity index (χ0v) is 22.2. The normalized spacial score (nSPS) is 24.1. The number of carbonyl (C=O) groups is 1. The van der Waals surface area contributed by atoms with E-state index in [4.69, 9.17) is 13.9 Å². The standard InChI is InChI=1S/C27H39N3O4S/c1-5-6-14-28-26(31)29-35-22-11-12-27(20-8-10-23(32-3)24(16-20)33-4)13-15-30(25(27)17-22)18-21-9-7-19(2)34-21/h7-10,16,22,25H,5-6,11-15,17-18H2,1-4H3,(H2,28,29,31). The maximum atomic E-state index is 12.2. The quantitative estimate of drug-likeness (QED) is 0.335. The summed E-state index contributed by atoms with van der Waals surface area (Å²) in [5.74, 6) is 3.49. The maximum absolute atomic E-state index is 12.2. The van der Waals surface area contributed by atoms with E-state index in [1.807, 2.05) is 19.1 Å². The number of nitrogens with zero attached hydrogens (tertiary/aromatic N) is 1. The highest BCUT2D eigenvalue weighted by Crippen LogP contribution is 2.52. The van der Waals surface area contributed by atoms with E-state index in [-0.39, 0.29) is 11.4 Å². The minimum Gasteiger partial charge on any atom is -0.493 e. The molecule has 2 heterocycles. The predicted octanol–water partition coefficient (Wildman–Crippen LogP) is 5.42. The number of hydrogen-bond donors (Lipinski definition) is 2. The van der Waals surface area contributed by atoms with E-state index in [2.05, 4.69) is 40.1 Å². The number of amides is 2. The molecule has 1 aromatic carbocycles. The van der Waals surface area contributed by atoms with Crippen LogP contribution in [0, 0.1) is 6.92 Å². The topological polar surface area (TPSA) is 76.0 Å². The number of unbranched alkanes of at least 4 members (excludes halogenated alkanes) is 1. The summed E-state index contributed by atoms with van der Waals surface area (Å²) in [4.78, 5) is 14.8. The van der Waals surface area contributed by atoms with Gasteiger partial charge in [0.2, 0.25) is 0 Å². The van der Waals surface area contributed by atoms with Crippen molar-refractivity contribution in [2.45, 2.75) is 75.6 Å². The van der Waals surface area contributed by atoms with Crippen molar-refractivity contribution in [3.8, 4) is 11.5 Å². The molecule has 7 nitrogen and oxygen atoms in total. The number of rotatable bonds is 10. The van der Waals surface area contributed by atoms with Crippen molar-refractivity contribution in [3.63, 3.8) is 0 Å². The van der Waals surface area contributed by atoms with Gasteiger partial charge in [-0.05, 0) is 87.3 Å². The fourth-order valence-electron chi connectivity index (χ4n) is 5.71. The van der Waals surface area contributed by atoms with Gasteiger partial charge in [0.25, 0.3) is 0 Å². The second-order valence-corrected chi connectivity index (χ2v) is 10.8. The number of methoxy groups -OCH3 is 2. The molecule has 2 amide bonds. The van der Waals surface area contributed by atoms with E-state index in [1.54, 1.807) is 26.2 Å². The van der Waals surface area contributed by atoms with Gasteiger partial charge in [-0.25, -0.2) is 4.79 Å². The summed E-state index contributed by atoms with van der Waals surface area (Å²) in [6.45, 7) is 6.65. The third-order valence-electron chi connectivity index (χ3n) is 7.57. The molecular formula is C27H39N3O4S. The van der Waals surface area contributed by atoms with Crippen LogP contribution in [0.3, 0.4) is 0 Å². The number of hydrogen-bond acceptors (Lipinski definition) is 6. The highest BCUT2D eigenvalue weighted by atomic mass is 32.2. The first-order chi connectivity index (χ1) is 17.0. The zero-order chi connectivity index (χ0) is 24.8. The number of furan rings is 1. The molecule has 0 radical (unpaired) electrons. The Morgan fingerprint density at radius 1 is 1.20 bits per heavy atom. The molecule has 1 saturated heterocycles. The molecule has 0 spiro atoms. The maximum Gasteiger partial charge on any atom is 0.324 e. The highest BCUT2D eigenvalue weighted by Gasteiger charge is 2.51. The lowest BCUT2D eigenvalue weighted by molar-refractivity contribution is 0.145. The molecule has 1 aliphatic heterocycles. The first-order valence-corrected chi connectivity index (χ1v) is 13.6. The van der Waals surface area contributed by atoms with Gasteiger partial charge in [0.05, 0.1) is 20.8 Å². The largest absolute Gasteiger partial charge is 0.493 e. The Morgan fingerprint density at radius 3 is 2.74 bits per heavy atom. The number of ether oxygens (including phenoxy) is 2. The Balaban J connectivity index is 1.53. The fraction of sp³-hybridized carbons (Fsp3) is 0.593. The number of carbonyl (C=O) groups excluding carboxylic acids is 1. The Labute approximate surface area is 213 Å². The van der Waals surface area contributed by atoms with Crippen molar-refractivity contribution in [2.75, 3.05) is 27.3 Å². The van der Waals surface area contributed by atoms with Crippen LogP contribution in [0.25, 0.3) is 0 Å². The van der Waals surface area contributed by atoms with Gasteiger partial charge in [0.1, 0.15) is 11.5 Å². The molecular weight excluding hydrogens is 462 g/mol. The summed E-state index contributed by atoms with van der Waals surface area (Å²) in [5, 5.41) is 3.32. The predicted molar refractivity (Wildman–Crippen MR) is 140 cm³/mol. The first kappa shape index (κ1) is 25.8. The lowest BCUT2D eigenvalue weighted by Gasteiger charge is -2.45. The summed E-state index contributed by atoms with van der Waals surface area (Å²) in [7, 11) is 3.37. The van der Waals surface area contributed by atoms with Gasteiger partial charge in [-0.15, -0.1) is 0 Å². The molecule has 8 heteroatoms. The number of likely N-dealkylation sites (tertiary alicyclic amines) is 1. The van der Waals surface area contributed by atoms with E-state index >= 15 is 0 Å². The third-order valence-corrected chi connectivity index (χ3v) is 8.63. The van der Waals surface area contributed by atoms with Crippen molar-refractivity contribution in [2.24, 2.45) is 0 Å². The second kappa shape index (κ2) is 11.6. The van der Waals surface area contributed by atoms with E-state index in [0.29, 0.717) is 11.3 Å². The average Bonchev–Trinajstić information content (AvgIpc) is 3.46. The molecule has 2 fully saturated rings. The van der Waals surface area contributed by atoms with Gasteiger partial charge in [-0.3, -0.25) is 9.62 Å². The molecule has 35 heavy (non-hydrogen) atoms. The van der Waals surface area contributed by atoms with Crippen LogP contribution in [-0.4, -0.2) is 49.5 Å². The van der Waals surface area contributed by atoms with Crippen LogP contribution >= 0.6 is 11.9 Å². The Bertz CT molecular complexity index is 997. The molecule has 0 bridgehead atoms. The molecule has 1 aliphatic carbocycles. The summed E-state index contributed by atoms with van der Waals surface area (Å²) in [6.07, 6.45) is 6.29. The van der Waals surface area contributed by atoms with Gasteiger partial charge in [0.15, 0.2) is 11.5 Å². The van der Waals surface area contributed by atoms with Gasteiger partial charge < -0.3 is 19.2 Å². The summed E-state index contributed by atoms with van der Waals surface area (Å²) < 4.78 is 20.1. The van der Waals surface area contributed by atoms with Crippen molar-refractivity contribution in [3.05, 3.63) is 47.4 Å². The van der Waals surface area contributed by atoms with Gasteiger partial charge >= 0.3 is 6.03 Å². The monoisotopic (exact) mass is 501 g/mol. The number of aryl methyl sites for hydroxylation is 1. The minimum absolute atomic E-state index is 0.0433. The van der Waals surface area contributed by atoms with E-state index in [0.717, 1.165) is 81.2 Å². The van der Waals surface area contributed by atoms with E-state index in [9.17, 15) is 4.79 Å². The molecule has 3 atom stereocenters. The van der Waals surface area contributed by atoms with Crippen molar-refractivity contribution in [1.29, 1.82) is 0 Å². The van der Waals surface area contributed by atoms with E-state index < -0.39 is 0 Å². The van der Waals surface area contributed by atoms with Crippen LogP contribution in [0.1, 0.15) is 62.5 Å². The molecule has 1 saturated carbocycles. The van der Waals surface area contributed by atoms with Gasteiger partial charge in [0, 0.05) is 23.3 Å². The Hall–Kier alpha value is -2.32. The van der Waals surface area contributed by atoms with Crippen LogP contribution < -0.4 is 19.5 Å². The van der Waals surface area contributed by atoms with Crippen molar-refractivity contribution < 1.29 is 18.7 Å². The summed E-state index contributed by atoms with van der Waals surface area (Å²) in [5.41, 5.74) is 1.36. The van der Waals surface area contributed by atoms with Gasteiger partial charge in [-0.2, -0.15) is 0 Å². The smallest absolute Gasteiger partial charge is 0.324 e. The molecule has 3 unspecified atom stereocenters. The van der Waals surface area contributed by atoms with Gasteiger partial charge in [-0.1, -0.05) is 19.4 Å². The number of fused-ring (bicyclic) bond motifs is 1. The zero-order valence-electron chi connectivity index (χ0n) is 21.4. The number of nitrogens with one attached hydrogen (secondary N) is 2. The lowest BCUT2D eigenvalue weighted by atomic mass is 9.66. The Morgan fingerprint density at radius 2 is 2.03 bits per heavy atom. The molecule has 1 aromatic heterocycles. The van der Waals surface area contributed by atoms with Crippen molar-refractivity contribution in [1.82, 2.24) is 14.9 Å². The third kappa shape index (κ3) is 5.75. The minimum atomic E-state index is -0.0884. The SMILES string of the molecule is CCCCNC(=O)NSC1CCC2(c3ccc(OC)c(OC)c3)CCN(Cc3ccc(C)o3)C2C1. The fourth-order valence-corrected chi connectivity index (χ4v) is 6.57. The highest BCUT2D eigenvalue weighted by molar-refractivity contribution is 7.98. The summed E-state index contributed by atoms with van der Waals surface area (Å²) in [6, 6.07) is 10.8. The van der Waals surface area contributed by atoms with Crippen LogP contribution in [0.4, 0.5) is 4.79 Å². The van der Waals surface area contributed by atoms with Crippen LogP contribution in [0.15, 0.2) is 34.7 Å². The number of benzene rings is 1. The number of urea groups is 1. The van der Waals surface area contributed by atoms with Crippen LogP contribution in [-0.2, 0) is 12.0 Å². The van der Waals surface area contributed by atoms with E-state index in [1.165, 1.54) is 5.56 Å². The first-order valence-electron chi connectivity index (χ1n) is 12.7. The lowest BCUT2D eigenvalue weighted by Crippen LogP contribution is -2.48.